The van der Waals surface area contributed by atoms with E-state index >= 15 is 0 Å². The monoisotopic (exact) mass is 283 g/mol. The Bertz CT molecular complexity index is 647. The molecule has 3 rings (SSSR count). The van der Waals surface area contributed by atoms with Crippen LogP contribution in [0.1, 0.15) is 44.1 Å². The first kappa shape index (κ1) is 14.1. The third-order valence-corrected chi connectivity index (χ3v) is 4.97. The van der Waals surface area contributed by atoms with E-state index in [9.17, 15) is 9.90 Å². The second-order valence-corrected chi connectivity index (χ2v) is 6.08. The quantitative estimate of drug-likeness (QED) is 0.917. The number of nitrogens with zero attached hydrogens (tertiary/aromatic N) is 1. The predicted molar refractivity (Wildman–Crippen MR) is 83.2 cm³/mol. The molecule has 2 aromatic rings. The van der Waals surface area contributed by atoms with Gasteiger partial charge in [0.1, 0.15) is 0 Å². The number of hydrogen-bond donors (Lipinski definition) is 1. The second-order valence-electron chi connectivity index (χ2n) is 6.08. The fourth-order valence-corrected chi connectivity index (χ4v) is 3.74. The summed E-state index contributed by atoms with van der Waals surface area (Å²) in [4.78, 5) is 15.8. The Labute approximate surface area is 125 Å². The van der Waals surface area contributed by atoms with Crippen molar-refractivity contribution < 1.29 is 9.90 Å². The fourth-order valence-electron chi connectivity index (χ4n) is 3.74. The number of rotatable bonds is 3. The van der Waals surface area contributed by atoms with Crippen LogP contribution >= 0.6 is 0 Å². The van der Waals surface area contributed by atoms with Gasteiger partial charge in [-0.25, -0.2) is 0 Å². The number of aromatic nitrogens is 1. The summed E-state index contributed by atoms with van der Waals surface area (Å²) in [7, 11) is 0. The Hall–Kier alpha value is -1.90. The Kier molecular flexibility index (Phi) is 3.91. The molecule has 21 heavy (non-hydrogen) atoms. The molecule has 3 unspecified atom stereocenters. The summed E-state index contributed by atoms with van der Waals surface area (Å²) in [5.41, 5.74) is 1.18. The van der Waals surface area contributed by atoms with Crippen LogP contribution in [0.25, 0.3) is 10.8 Å². The van der Waals surface area contributed by atoms with Crippen LogP contribution in [0.4, 0.5) is 0 Å². The summed E-state index contributed by atoms with van der Waals surface area (Å²) in [5, 5.41) is 11.8. The van der Waals surface area contributed by atoms with E-state index in [-0.39, 0.29) is 11.8 Å². The van der Waals surface area contributed by atoms with E-state index in [0.29, 0.717) is 5.92 Å². The molecule has 1 fully saturated rings. The van der Waals surface area contributed by atoms with Gasteiger partial charge in [0.05, 0.1) is 5.92 Å². The molecule has 1 heterocycles. The molecule has 110 valence electrons. The fraction of sp³-hybridized carbons (Fsp3) is 0.444. The van der Waals surface area contributed by atoms with Gasteiger partial charge in [0, 0.05) is 17.8 Å². The number of hydrogen-bond acceptors (Lipinski definition) is 2. The molecule has 0 amide bonds. The average Bonchev–Trinajstić information content (AvgIpc) is 2.53. The lowest BCUT2D eigenvalue weighted by atomic mass is 9.69. The van der Waals surface area contributed by atoms with Crippen LogP contribution in [-0.2, 0) is 4.79 Å². The lowest BCUT2D eigenvalue weighted by Gasteiger charge is -2.34. The number of aliphatic carboxylic acids is 1. The van der Waals surface area contributed by atoms with Gasteiger partial charge in [-0.3, -0.25) is 9.78 Å². The number of carboxylic acid groups (broad SMARTS) is 1. The first-order valence-electron chi connectivity index (χ1n) is 7.76. The number of carbonyl (C=O) groups is 1. The van der Waals surface area contributed by atoms with Crippen molar-refractivity contribution in [3.05, 3.63) is 42.2 Å². The molecular formula is C18H21NO2. The summed E-state index contributed by atoms with van der Waals surface area (Å²) in [5.74, 6) is -0.151. The zero-order chi connectivity index (χ0) is 14.8. The molecular weight excluding hydrogens is 262 g/mol. The summed E-state index contributed by atoms with van der Waals surface area (Å²) < 4.78 is 0. The molecule has 1 N–H and O–H groups in total. The van der Waals surface area contributed by atoms with Gasteiger partial charge in [0.25, 0.3) is 0 Å². The van der Waals surface area contributed by atoms with Crippen molar-refractivity contribution in [3.8, 4) is 0 Å². The first-order chi connectivity index (χ1) is 10.2. The number of pyridine rings is 1. The number of benzene rings is 1. The van der Waals surface area contributed by atoms with E-state index < -0.39 is 5.97 Å². The maximum atomic E-state index is 11.7. The Morgan fingerprint density at radius 3 is 2.95 bits per heavy atom. The number of fused-ring (bicyclic) bond motifs is 1. The molecule has 0 spiro atoms. The van der Waals surface area contributed by atoms with Crippen LogP contribution in [0, 0.1) is 11.8 Å². The molecule has 3 heteroatoms. The van der Waals surface area contributed by atoms with Crippen LogP contribution < -0.4 is 0 Å². The van der Waals surface area contributed by atoms with Gasteiger partial charge in [0.15, 0.2) is 0 Å². The zero-order valence-corrected chi connectivity index (χ0v) is 12.3. The van der Waals surface area contributed by atoms with Crippen LogP contribution in [0.15, 0.2) is 36.7 Å². The molecule has 1 aliphatic carbocycles. The van der Waals surface area contributed by atoms with Gasteiger partial charge in [-0.05, 0) is 48.1 Å². The highest BCUT2D eigenvalue weighted by Gasteiger charge is 2.35. The van der Waals surface area contributed by atoms with E-state index in [2.05, 4.69) is 18.0 Å². The van der Waals surface area contributed by atoms with Gasteiger partial charge in [0.2, 0.25) is 0 Å². The lowest BCUT2D eigenvalue weighted by Crippen LogP contribution is -2.29. The van der Waals surface area contributed by atoms with Gasteiger partial charge >= 0.3 is 5.97 Å². The molecule has 0 saturated heterocycles. The third-order valence-electron chi connectivity index (χ3n) is 4.97. The lowest BCUT2D eigenvalue weighted by molar-refractivity contribution is -0.143. The standard InChI is InChI=1S/C18H21NO2/c1-2-12-6-7-16(18(20)21)17(10-12)15-5-3-4-13-11-19-9-8-14(13)15/h3-5,8-9,11-12,16-17H,2,6-7,10H2,1H3,(H,20,21). The molecule has 0 bridgehead atoms. The molecule has 1 saturated carbocycles. The van der Waals surface area contributed by atoms with Crippen molar-refractivity contribution in [2.75, 3.05) is 0 Å². The maximum Gasteiger partial charge on any atom is 0.307 e. The average molecular weight is 283 g/mol. The highest BCUT2D eigenvalue weighted by Crippen LogP contribution is 2.43. The Morgan fingerprint density at radius 2 is 2.19 bits per heavy atom. The van der Waals surface area contributed by atoms with E-state index in [1.54, 1.807) is 6.20 Å². The minimum absolute atomic E-state index is 0.118. The van der Waals surface area contributed by atoms with Gasteiger partial charge in [-0.1, -0.05) is 31.5 Å². The molecule has 1 aromatic heterocycles. The van der Waals surface area contributed by atoms with Gasteiger partial charge in [-0.15, -0.1) is 0 Å². The largest absolute Gasteiger partial charge is 0.481 e. The van der Waals surface area contributed by atoms with Gasteiger partial charge < -0.3 is 5.11 Å². The minimum Gasteiger partial charge on any atom is -0.481 e. The molecule has 0 radical (unpaired) electrons. The van der Waals surface area contributed by atoms with Crippen molar-refractivity contribution >= 4 is 16.7 Å². The highest BCUT2D eigenvalue weighted by molar-refractivity contribution is 5.86. The second kappa shape index (κ2) is 5.84. The zero-order valence-electron chi connectivity index (χ0n) is 12.3. The van der Waals surface area contributed by atoms with Crippen LogP contribution in [0.5, 0.6) is 0 Å². The molecule has 1 aromatic carbocycles. The Morgan fingerprint density at radius 1 is 1.33 bits per heavy atom. The van der Waals surface area contributed by atoms with Crippen LogP contribution in [0.2, 0.25) is 0 Å². The highest BCUT2D eigenvalue weighted by atomic mass is 16.4. The van der Waals surface area contributed by atoms with Crippen molar-refractivity contribution in [1.82, 2.24) is 4.98 Å². The SMILES string of the molecule is CCC1CCC(C(=O)O)C(c2cccc3cnccc23)C1. The topological polar surface area (TPSA) is 50.2 Å². The normalized spacial score (nSPS) is 25.9. The van der Waals surface area contributed by atoms with Crippen molar-refractivity contribution in [2.45, 2.75) is 38.5 Å². The predicted octanol–water partition coefficient (Wildman–Crippen LogP) is 4.23. The van der Waals surface area contributed by atoms with Crippen molar-refractivity contribution in [2.24, 2.45) is 11.8 Å². The summed E-state index contributed by atoms with van der Waals surface area (Å²) in [6, 6.07) is 8.18. The van der Waals surface area contributed by atoms with E-state index in [4.69, 9.17) is 0 Å². The summed E-state index contributed by atoms with van der Waals surface area (Å²) in [6.45, 7) is 2.20. The van der Waals surface area contributed by atoms with Gasteiger partial charge in [-0.2, -0.15) is 0 Å². The van der Waals surface area contributed by atoms with Crippen molar-refractivity contribution in [3.63, 3.8) is 0 Å². The van der Waals surface area contributed by atoms with E-state index in [1.165, 1.54) is 5.56 Å². The summed E-state index contributed by atoms with van der Waals surface area (Å²) in [6.07, 6.45) is 7.59. The molecule has 1 aliphatic rings. The molecule has 0 aliphatic heterocycles. The van der Waals surface area contributed by atoms with E-state index in [1.807, 2.05) is 24.4 Å². The number of carboxylic acids is 1. The Balaban J connectivity index is 2.06. The third kappa shape index (κ3) is 2.65. The maximum absolute atomic E-state index is 11.7. The molecule has 3 atom stereocenters. The minimum atomic E-state index is -0.652. The molecule has 3 nitrogen and oxygen atoms in total. The summed E-state index contributed by atoms with van der Waals surface area (Å²) >= 11 is 0. The van der Waals surface area contributed by atoms with E-state index in [0.717, 1.165) is 36.5 Å². The van der Waals surface area contributed by atoms with Crippen LogP contribution in [-0.4, -0.2) is 16.1 Å². The smallest absolute Gasteiger partial charge is 0.307 e. The first-order valence-corrected chi connectivity index (χ1v) is 7.76. The van der Waals surface area contributed by atoms with Crippen LogP contribution in [0.3, 0.4) is 0 Å². The van der Waals surface area contributed by atoms with Crippen molar-refractivity contribution in [1.29, 1.82) is 0 Å².